The molecule has 0 aromatic carbocycles. The molecule has 1 nitrogen and oxygen atoms in total. The van der Waals surface area contributed by atoms with E-state index in [1.54, 1.807) is 0 Å². The van der Waals surface area contributed by atoms with E-state index in [-0.39, 0.29) is 0 Å². The third-order valence-electron chi connectivity index (χ3n) is 4.96. The van der Waals surface area contributed by atoms with Gasteiger partial charge in [0.25, 0.3) is 0 Å². The fraction of sp³-hybridized carbons (Fsp3) is 1.00. The van der Waals surface area contributed by atoms with Crippen molar-refractivity contribution in [2.24, 2.45) is 29.6 Å². The molecule has 0 aliphatic heterocycles. The van der Waals surface area contributed by atoms with Gasteiger partial charge in [-0.1, -0.05) is 67.7 Å². The van der Waals surface area contributed by atoms with Crippen LogP contribution in [0, 0.1) is 29.6 Å². The molecule has 0 aliphatic carbocycles. The average Bonchev–Trinajstić information content (AvgIpc) is 2.37. The smallest absolute Gasteiger partial charge is 0.00178 e. The minimum Gasteiger partial charge on any atom is -0.316 e. The molecule has 0 fully saturated rings. The summed E-state index contributed by atoms with van der Waals surface area (Å²) in [6, 6.07) is 0. The van der Waals surface area contributed by atoms with E-state index in [2.05, 4.69) is 53.8 Å². The summed E-state index contributed by atoms with van der Waals surface area (Å²) in [4.78, 5) is 0. The van der Waals surface area contributed by atoms with Crippen molar-refractivity contribution in [1.82, 2.24) is 5.32 Å². The maximum atomic E-state index is 3.74. The molecule has 19 heavy (non-hydrogen) atoms. The molecule has 116 valence electrons. The van der Waals surface area contributed by atoms with Crippen LogP contribution in [0.1, 0.15) is 74.1 Å². The van der Waals surface area contributed by atoms with Crippen LogP contribution in [0.25, 0.3) is 0 Å². The summed E-state index contributed by atoms with van der Waals surface area (Å²) in [7, 11) is 0. The van der Waals surface area contributed by atoms with Crippen LogP contribution in [0.2, 0.25) is 0 Å². The lowest BCUT2D eigenvalue weighted by atomic mass is 9.82. The van der Waals surface area contributed by atoms with Crippen molar-refractivity contribution in [3.63, 3.8) is 0 Å². The van der Waals surface area contributed by atoms with E-state index in [1.807, 2.05) is 0 Å². The van der Waals surface area contributed by atoms with Gasteiger partial charge in [-0.05, 0) is 49.1 Å². The fourth-order valence-corrected chi connectivity index (χ4v) is 2.62. The fourth-order valence-electron chi connectivity index (χ4n) is 2.62. The molecule has 1 N–H and O–H groups in total. The van der Waals surface area contributed by atoms with Crippen molar-refractivity contribution < 1.29 is 0 Å². The Morgan fingerprint density at radius 2 is 1.47 bits per heavy atom. The molecule has 0 saturated heterocycles. The van der Waals surface area contributed by atoms with Gasteiger partial charge in [-0.2, -0.15) is 0 Å². The highest BCUT2D eigenvalue weighted by Crippen LogP contribution is 2.25. The summed E-state index contributed by atoms with van der Waals surface area (Å²) in [5, 5.41) is 3.74. The van der Waals surface area contributed by atoms with Gasteiger partial charge in [-0.3, -0.25) is 0 Å². The van der Waals surface area contributed by atoms with E-state index >= 15 is 0 Å². The minimum atomic E-state index is 0.783. The Morgan fingerprint density at radius 1 is 0.842 bits per heavy atom. The van der Waals surface area contributed by atoms with E-state index in [0.717, 1.165) is 29.6 Å². The first-order valence-electron chi connectivity index (χ1n) is 8.62. The van der Waals surface area contributed by atoms with Gasteiger partial charge in [-0.25, -0.2) is 0 Å². The van der Waals surface area contributed by atoms with Gasteiger partial charge in [-0.15, -0.1) is 0 Å². The normalized spacial score (nSPS) is 18.3. The molecule has 4 atom stereocenters. The Morgan fingerprint density at radius 3 is 1.95 bits per heavy atom. The first-order valence-corrected chi connectivity index (χ1v) is 8.62. The SMILES string of the molecule is CCCC(C)C(CNC[C@@H](C)C(C)C)CC(C)CC. The van der Waals surface area contributed by atoms with E-state index in [0.29, 0.717) is 0 Å². The molecular formula is C18H39N. The lowest BCUT2D eigenvalue weighted by Gasteiger charge is -2.28. The Labute approximate surface area is 122 Å². The topological polar surface area (TPSA) is 12.0 Å². The molecule has 0 aromatic heterocycles. The predicted molar refractivity (Wildman–Crippen MR) is 88.5 cm³/mol. The summed E-state index contributed by atoms with van der Waals surface area (Å²) < 4.78 is 0. The lowest BCUT2D eigenvalue weighted by Crippen LogP contribution is -2.32. The molecule has 0 rings (SSSR count). The van der Waals surface area contributed by atoms with E-state index < -0.39 is 0 Å². The zero-order valence-corrected chi connectivity index (χ0v) is 14.6. The van der Waals surface area contributed by atoms with Crippen LogP contribution in [-0.4, -0.2) is 13.1 Å². The predicted octanol–water partition coefficient (Wildman–Crippen LogP) is 5.36. The van der Waals surface area contributed by atoms with Crippen molar-refractivity contribution in [1.29, 1.82) is 0 Å². The lowest BCUT2D eigenvalue weighted by molar-refractivity contribution is 0.255. The van der Waals surface area contributed by atoms with E-state index in [1.165, 1.54) is 38.8 Å². The highest BCUT2D eigenvalue weighted by molar-refractivity contribution is 4.72. The van der Waals surface area contributed by atoms with Crippen LogP contribution < -0.4 is 5.32 Å². The highest BCUT2D eigenvalue weighted by Gasteiger charge is 2.19. The number of nitrogens with one attached hydrogen (secondary N) is 1. The van der Waals surface area contributed by atoms with Crippen molar-refractivity contribution in [2.45, 2.75) is 74.1 Å². The monoisotopic (exact) mass is 269 g/mol. The summed E-state index contributed by atoms with van der Waals surface area (Å²) >= 11 is 0. The zero-order valence-electron chi connectivity index (χ0n) is 14.6. The van der Waals surface area contributed by atoms with Gasteiger partial charge in [0.15, 0.2) is 0 Å². The summed E-state index contributed by atoms with van der Waals surface area (Å²) in [5.41, 5.74) is 0. The molecule has 0 aliphatic rings. The maximum absolute atomic E-state index is 3.74. The zero-order chi connectivity index (χ0) is 14.8. The first kappa shape index (κ1) is 19.0. The average molecular weight is 270 g/mol. The summed E-state index contributed by atoms with van der Waals surface area (Å²) in [6.45, 7) is 18.9. The van der Waals surface area contributed by atoms with Crippen LogP contribution in [0.15, 0.2) is 0 Å². The standard InChI is InChI=1S/C18H39N/c1-8-10-16(6)18(11-15(5)9-2)13-19-12-17(7)14(3)4/h14-19H,8-13H2,1-7H3/t15?,16?,17-,18?/m1/s1. The Kier molecular flexibility index (Phi) is 10.7. The number of rotatable bonds is 11. The summed E-state index contributed by atoms with van der Waals surface area (Å²) in [6.07, 6.45) is 5.40. The van der Waals surface area contributed by atoms with Gasteiger partial charge in [0.1, 0.15) is 0 Å². The number of hydrogen-bond acceptors (Lipinski definition) is 1. The maximum Gasteiger partial charge on any atom is -0.00178 e. The molecular weight excluding hydrogens is 230 g/mol. The quantitative estimate of drug-likeness (QED) is 0.532. The van der Waals surface area contributed by atoms with Gasteiger partial charge in [0.05, 0.1) is 0 Å². The van der Waals surface area contributed by atoms with E-state index in [9.17, 15) is 0 Å². The second-order valence-electron chi connectivity index (χ2n) is 7.15. The van der Waals surface area contributed by atoms with Crippen LogP contribution in [0.4, 0.5) is 0 Å². The molecule has 0 spiro atoms. The molecule has 0 heterocycles. The van der Waals surface area contributed by atoms with Gasteiger partial charge >= 0.3 is 0 Å². The number of hydrogen-bond donors (Lipinski definition) is 1. The molecule has 0 bridgehead atoms. The largest absolute Gasteiger partial charge is 0.316 e. The third kappa shape index (κ3) is 8.68. The third-order valence-corrected chi connectivity index (χ3v) is 4.96. The second-order valence-corrected chi connectivity index (χ2v) is 7.15. The molecule has 0 saturated carbocycles. The highest BCUT2D eigenvalue weighted by atomic mass is 14.9. The molecule has 0 amide bonds. The first-order chi connectivity index (χ1) is 8.92. The van der Waals surface area contributed by atoms with E-state index in [4.69, 9.17) is 0 Å². The minimum absolute atomic E-state index is 0.783. The van der Waals surface area contributed by atoms with Crippen molar-refractivity contribution in [3.8, 4) is 0 Å². The Hall–Kier alpha value is -0.0400. The van der Waals surface area contributed by atoms with Crippen molar-refractivity contribution in [2.75, 3.05) is 13.1 Å². The van der Waals surface area contributed by atoms with Gasteiger partial charge < -0.3 is 5.32 Å². The molecule has 0 radical (unpaired) electrons. The Bertz CT molecular complexity index is 200. The van der Waals surface area contributed by atoms with Gasteiger partial charge in [0.2, 0.25) is 0 Å². The second kappa shape index (κ2) is 10.7. The van der Waals surface area contributed by atoms with Crippen LogP contribution in [0.5, 0.6) is 0 Å². The van der Waals surface area contributed by atoms with Crippen LogP contribution >= 0.6 is 0 Å². The van der Waals surface area contributed by atoms with Crippen molar-refractivity contribution in [3.05, 3.63) is 0 Å². The Balaban J connectivity index is 4.18. The molecule has 0 aromatic rings. The van der Waals surface area contributed by atoms with Crippen LogP contribution in [-0.2, 0) is 0 Å². The van der Waals surface area contributed by atoms with Crippen LogP contribution in [0.3, 0.4) is 0 Å². The van der Waals surface area contributed by atoms with Gasteiger partial charge in [0, 0.05) is 0 Å². The molecule has 3 unspecified atom stereocenters. The van der Waals surface area contributed by atoms with Crippen molar-refractivity contribution >= 4 is 0 Å². The summed E-state index contributed by atoms with van der Waals surface area (Å²) in [5.74, 6) is 4.16. The molecule has 1 heteroatoms.